The van der Waals surface area contributed by atoms with Crippen molar-refractivity contribution in [1.29, 1.82) is 0 Å². The molecular weight excluding hydrogens is 790 g/mol. The fraction of sp³-hybridized carbons (Fsp3) is 0.368. The normalized spacial score (nSPS) is 14.1. The summed E-state index contributed by atoms with van der Waals surface area (Å²) in [5.41, 5.74) is 5.12. The minimum absolute atomic E-state index is 0. The molecule has 1 aromatic heterocycles. The molecule has 1 aliphatic rings. The maximum absolute atomic E-state index is 13.4. The molecule has 0 bridgehead atoms. The number of hydrogen-bond donors (Lipinski definition) is 1. The maximum Gasteiger partial charge on any atom is 0.162 e. The van der Waals surface area contributed by atoms with Crippen LogP contribution in [0.3, 0.4) is 0 Å². The minimum Gasteiger partial charge on any atom is -0.512 e. The zero-order chi connectivity index (χ0) is 31.3. The van der Waals surface area contributed by atoms with Gasteiger partial charge in [-0.3, -0.25) is 4.79 Å². The molecule has 5 rings (SSSR count). The van der Waals surface area contributed by atoms with E-state index in [1.807, 2.05) is 64.2 Å². The van der Waals surface area contributed by atoms with E-state index in [1.54, 1.807) is 0 Å². The van der Waals surface area contributed by atoms with Crippen LogP contribution in [0.5, 0.6) is 0 Å². The Balaban J connectivity index is 0.000000286. The second-order valence-corrected chi connectivity index (χ2v) is 15.1. The van der Waals surface area contributed by atoms with Crippen LogP contribution in [-0.4, -0.2) is 29.7 Å². The number of aliphatic hydroxyl groups is 1. The Labute approximate surface area is 280 Å². The molecule has 235 valence electrons. The van der Waals surface area contributed by atoms with Gasteiger partial charge in [0.05, 0.1) is 5.76 Å². The number of benzene rings is 3. The van der Waals surface area contributed by atoms with Gasteiger partial charge in [0.2, 0.25) is 0 Å². The summed E-state index contributed by atoms with van der Waals surface area (Å²) in [6, 6.07) is 24.1. The van der Waals surface area contributed by atoms with Crippen molar-refractivity contribution < 1.29 is 33.8 Å². The van der Waals surface area contributed by atoms with Gasteiger partial charge in [0.15, 0.2) is 5.78 Å². The Hall–Kier alpha value is -2.75. The number of aliphatic hydroxyl groups excluding tert-OH is 1. The Morgan fingerprint density at radius 2 is 1.52 bits per heavy atom. The van der Waals surface area contributed by atoms with E-state index in [0.717, 1.165) is 62.4 Å². The molecule has 44 heavy (non-hydrogen) atoms. The number of carbonyl (C=O) groups is 1. The number of hydrogen-bond acceptors (Lipinski definition) is 4. The van der Waals surface area contributed by atoms with E-state index in [-0.39, 0.29) is 48.9 Å². The van der Waals surface area contributed by atoms with Crippen LogP contribution in [0.15, 0.2) is 78.7 Å². The van der Waals surface area contributed by atoms with Crippen molar-refractivity contribution in [3.05, 3.63) is 90.3 Å². The molecule has 1 atom stereocenters. The number of nitrogens with zero attached hydrogens (tertiary/aromatic N) is 1. The average molecular weight is 834 g/mol. The molecule has 6 heteroatoms. The van der Waals surface area contributed by atoms with Gasteiger partial charge < -0.3 is 5.11 Å². The van der Waals surface area contributed by atoms with E-state index in [4.69, 9.17) is 0 Å². The number of aromatic nitrogens is 1. The van der Waals surface area contributed by atoms with E-state index in [0.29, 0.717) is 0 Å². The molecular formula is C38H44IrNO3Se-. The Morgan fingerprint density at radius 1 is 0.909 bits per heavy atom. The molecule has 0 saturated carbocycles. The van der Waals surface area contributed by atoms with Gasteiger partial charge in [0.1, 0.15) is 0 Å². The van der Waals surface area contributed by atoms with E-state index >= 15 is 0 Å². The number of allylic oxidation sites excluding steroid dienone is 2. The third-order valence-corrected chi connectivity index (χ3v) is 11.6. The molecule has 0 spiro atoms. The van der Waals surface area contributed by atoms with Crippen molar-refractivity contribution in [3.8, 4) is 22.4 Å². The van der Waals surface area contributed by atoms with Gasteiger partial charge in [0.25, 0.3) is 0 Å². The molecule has 3 aromatic carbocycles. The molecule has 1 N–H and O–H groups in total. The molecule has 0 fully saturated rings. The van der Waals surface area contributed by atoms with Crippen LogP contribution in [0.2, 0.25) is 0 Å². The van der Waals surface area contributed by atoms with E-state index in [1.165, 1.54) is 17.0 Å². The van der Waals surface area contributed by atoms with Crippen molar-refractivity contribution in [2.45, 2.75) is 79.6 Å². The summed E-state index contributed by atoms with van der Waals surface area (Å²) in [7, 11) is 0. The van der Waals surface area contributed by atoms with Gasteiger partial charge in [-0.2, -0.15) is 0 Å². The molecule has 4 nitrogen and oxygen atoms in total. The van der Waals surface area contributed by atoms with Crippen LogP contribution in [0.1, 0.15) is 79.7 Å². The molecule has 0 amide bonds. The summed E-state index contributed by atoms with van der Waals surface area (Å²) in [5.74, 6) is 0.547. The smallest absolute Gasteiger partial charge is 0.162 e. The number of rotatable bonds is 8. The largest absolute Gasteiger partial charge is 0.512 e. The predicted octanol–water partition coefficient (Wildman–Crippen LogP) is 8.38. The summed E-state index contributed by atoms with van der Waals surface area (Å²) < 4.78 is 15.2. The zero-order valence-electron chi connectivity index (χ0n) is 26.9. The van der Waals surface area contributed by atoms with Crippen LogP contribution in [-0.2, 0) is 34.1 Å². The summed E-state index contributed by atoms with van der Waals surface area (Å²) in [4.78, 5) is 16.4. The maximum atomic E-state index is 13.4. The molecule has 0 aliphatic carbocycles. The van der Waals surface area contributed by atoms with Gasteiger partial charge in [-0.05, 0) is 25.7 Å². The first kappa shape index (κ1) is 35.7. The standard InChI is InChI=1S/C25H20NOSe.C13H24O2.Ir/c1-25(2,3)21-15-17(14-16-8-4-5-9-18(16)21)23-24-20(12-13-26-23)19-10-6-7-11-22(19)28(24)27;1-5-10(6-2)12(14)9-13(15)11(7-3)8-4;/h4-13,15H,1-3H3;9-11,14H,5-8H2,1-4H3;/q-1;;/b;12-9-;. The van der Waals surface area contributed by atoms with Crippen molar-refractivity contribution in [2.24, 2.45) is 11.8 Å². The Kier molecular flexibility index (Phi) is 12.6. The minimum atomic E-state index is -2.35. The van der Waals surface area contributed by atoms with Crippen LogP contribution in [0.4, 0.5) is 0 Å². The third kappa shape index (κ3) is 7.54. The Bertz CT molecular complexity index is 1660. The predicted molar refractivity (Wildman–Crippen MR) is 180 cm³/mol. The van der Waals surface area contributed by atoms with Crippen molar-refractivity contribution in [3.63, 3.8) is 0 Å². The van der Waals surface area contributed by atoms with Gasteiger partial charge in [-0.15, -0.1) is 0 Å². The fourth-order valence-corrected chi connectivity index (χ4v) is 8.94. The van der Waals surface area contributed by atoms with Gasteiger partial charge in [-0.1, -0.05) is 27.7 Å². The monoisotopic (exact) mass is 835 g/mol. The second kappa shape index (κ2) is 15.5. The number of carbonyl (C=O) groups excluding carboxylic acids is 1. The van der Waals surface area contributed by atoms with Crippen LogP contribution in [0.25, 0.3) is 33.2 Å². The fourth-order valence-electron chi connectivity index (χ4n) is 5.76. The first-order valence-electron chi connectivity index (χ1n) is 15.5. The van der Waals surface area contributed by atoms with E-state index in [2.05, 4.69) is 62.2 Å². The Morgan fingerprint density at radius 3 is 2.16 bits per heavy atom. The summed E-state index contributed by atoms with van der Waals surface area (Å²) in [5, 5.41) is 12.0. The molecule has 0 saturated heterocycles. The van der Waals surface area contributed by atoms with E-state index in [9.17, 15) is 13.7 Å². The molecule has 2 heterocycles. The van der Waals surface area contributed by atoms with Crippen molar-refractivity contribution in [2.75, 3.05) is 0 Å². The van der Waals surface area contributed by atoms with Crippen molar-refractivity contribution in [1.82, 2.24) is 4.98 Å². The molecule has 4 aromatic rings. The second-order valence-electron chi connectivity index (χ2n) is 12.2. The van der Waals surface area contributed by atoms with Crippen LogP contribution >= 0.6 is 0 Å². The third-order valence-electron chi connectivity index (χ3n) is 8.39. The summed E-state index contributed by atoms with van der Waals surface area (Å²) >= 11 is -2.35. The van der Waals surface area contributed by atoms with Gasteiger partial charge in [-0.25, -0.2) is 0 Å². The molecule has 1 radical (unpaired) electrons. The van der Waals surface area contributed by atoms with Gasteiger partial charge >= 0.3 is 169 Å². The van der Waals surface area contributed by atoms with Gasteiger partial charge in [0, 0.05) is 38.0 Å². The zero-order valence-corrected chi connectivity index (χ0v) is 31.0. The van der Waals surface area contributed by atoms with Crippen LogP contribution in [0, 0.1) is 17.9 Å². The van der Waals surface area contributed by atoms with E-state index < -0.39 is 13.8 Å². The average Bonchev–Trinajstić information content (AvgIpc) is 3.29. The number of ketones is 1. The first-order valence-corrected chi connectivity index (χ1v) is 17.9. The van der Waals surface area contributed by atoms with Crippen molar-refractivity contribution >= 4 is 39.3 Å². The molecule has 1 aliphatic heterocycles. The first-order chi connectivity index (χ1) is 20.5. The summed E-state index contributed by atoms with van der Waals surface area (Å²) in [6.07, 6.45) is 6.73. The topological polar surface area (TPSA) is 67.3 Å². The van der Waals surface area contributed by atoms with Crippen LogP contribution < -0.4 is 8.92 Å². The molecule has 1 unspecified atom stereocenters. The SMILES string of the molecule is CC(C)(C)c1cc(-c2nccc3c2[Se](=O)c2ccccc2-3)[c-]c2ccccc12.CCC(CC)C(=O)/C=C(\O)C(CC)CC.[Ir]. The number of pyridine rings is 1. The quantitative estimate of drug-likeness (QED) is 0.0739. The number of fused-ring (bicyclic) bond motifs is 4. The summed E-state index contributed by atoms with van der Waals surface area (Å²) in [6.45, 7) is 14.7.